The Balaban J connectivity index is 2.77. The fourth-order valence-electron chi connectivity index (χ4n) is 3.01. The van der Waals surface area contributed by atoms with Crippen LogP contribution in [0.3, 0.4) is 0 Å². The van der Waals surface area contributed by atoms with Crippen LogP contribution >= 0.6 is 22.6 Å². The van der Waals surface area contributed by atoms with Crippen LogP contribution in [-0.2, 0) is 5.41 Å². The fraction of sp³-hybridized carbons (Fsp3) is 0.765. The Morgan fingerprint density at radius 3 is 2.10 bits per heavy atom. The summed E-state index contributed by atoms with van der Waals surface area (Å²) in [7, 11) is 0. The number of nitrogens with one attached hydrogen (secondary N) is 1. The van der Waals surface area contributed by atoms with Crippen LogP contribution in [0, 0.1) is 9.52 Å². The summed E-state index contributed by atoms with van der Waals surface area (Å²) in [5.41, 5.74) is 0.912. The maximum absolute atomic E-state index is 14.2. The first-order chi connectivity index (χ1) is 9.55. The van der Waals surface area contributed by atoms with E-state index in [1.807, 2.05) is 0 Å². The lowest BCUT2D eigenvalue weighted by atomic mass is 9.75. The predicted molar refractivity (Wildman–Crippen MR) is 93.7 cm³/mol. The molecule has 1 aromatic rings. The molecule has 0 fully saturated rings. The molecule has 1 N–H and O–H groups in total. The minimum Gasteiger partial charge on any atom is -0.354 e. The molecule has 1 atom stereocenters. The van der Waals surface area contributed by atoms with Gasteiger partial charge in [-0.3, -0.25) is 0 Å². The van der Waals surface area contributed by atoms with Gasteiger partial charge in [0.05, 0.1) is 3.70 Å². The largest absolute Gasteiger partial charge is 0.354 e. The molecule has 116 valence electrons. The average Bonchev–Trinajstić information content (AvgIpc) is 2.75. The van der Waals surface area contributed by atoms with E-state index >= 15 is 0 Å². The first kappa shape index (κ1) is 18.0. The maximum Gasteiger partial charge on any atom is 0.145 e. The number of hydrogen-bond donors (Lipinski definition) is 1. The van der Waals surface area contributed by atoms with Gasteiger partial charge >= 0.3 is 0 Å². The third-order valence-electron chi connectivity index (χ3n) is 4.30. The van der Waals surface area contributed by atoms with Gasteiger partial charge in [-0.05, 0) is 40.8 Å². The summed E-state index contributed by atoms with van der Waals surface area (Å²) in [6.07, 6.45) is 12.4. The molecule has 0 radical (unpaired) electrons. The van der Waals surface area contributed by atoms with Gasteiger partial charge in [0.2, 0.25) is 0 Å². The van der Waals surface area contributed by atoms with Gasteiger partial charge < -0.3 is 4.98 Å². The van der Waals surface area contributed by atoms with Crippen molar-refractivity contribution >= 4 is 22.6 Å². The SMILES string of the molecule is CCCCCCC(C)(CCCCC)c1c(F)c[nH]c1I. The molecule has 0 saturated carbocycles. The van der Waals surface area contributed by atoms with Crippen LogP contribution in [0.15, 0.2) is 6.20 Å². The van der Waals surface area contributed by atoms with Gasteiger partial charge in [-0.2, -0.15) is 0 Å². The third-order valence-corrected chi connectivity index (χ3v) is 5.15. The van der Waals surface area contributed by atoms with Crippen molar-refractivity contribution in [3.8, 4) is 0 Å². The molecule has 0 bridgehead atoms. The van der Waals surface area contributed by atoms with E-state index in [9.17, 15) is 4.39 Å². The minimum atomic E-state index is -0.0520. The van der Waals surface area contributed by atoms with Gasteiger partial charge in [0.25, 0.3) is 0 Å². The van der Waals surface area contributed by atoms with Crippen molar-refractivity contribution in [1.82, 2.24) is 4.98 Å². The van der Waals surface area contributed by atoms with Gasteiger partial charge in [0.15, 0.2) is 0 Å². The Morgan fingerprint density at radius 1 is 1.05 bits per heavy atom. The van der Waals surface area contributed by atoms with Crippen molar-refractivity contribution in [3.05, 3.63) is 21.3 Å². The van der Waals surface area contributed by atoms with Crippen LogP contribution in [0.2, 0.25) is 0 Å². The van der Waals surface area contributed by atoms with E-state index in [4.69, 9.17) is 0 Å². The highest BCUT2D eigenvalue weighted by atomic mass is 127. The Kier molecular flexibility index (Phi) is 8.15. The molecule has 20 heavy (non-hydrogen) atoms. The van der Waals surface area contributed by atoms with Gasteiger partial charge in [0, 0.05) is 11.8 Å². The summed E-state index contributed by atoms with van der Waals surface area (Å²) < 4.78 is 15.1. The molecule has 0 spiro atoms. The molecule has 1 rings (SSSR count). The van der Waals surface area contributed by atoms with E-state index in [1.54, 1.807) is 0 Å². The molecule has 0 amide bonds. The number of halogens is 2. The van der Waals surface area contributed by atoms with Gasteiger partial charge in [-0.25, -0.2) is 4.39 Å². The second kappa shape index (κ2) is 9.06. The molecule has 0 aromatic carbocycles. The van der Waals surface area contributed by atoms with Crippen LogP contribution in [0.4, 0.5) is 4.39 Å². The van der Waals surface area contributed by atoms with Crippen LogP contribution in [0.5, 0.6) is 0 Å². The molecule has 1 unspecified atom stereocenters. The van der Waals surface area contributed by atoms with Crippen molar-refractivity contribution < 1.29 is 4.39 Å². The quantitative estimate of drug-likeness (QED) is 0.342. The lowest BCUT2D eigenvalue weighted by molar-refractivity contribution is 0.352. The van der Waals surface area contributed by atoms with Crippen molar-refractivity contribution in [1.29, 1.82) is 0 Å². The Morgan fingerprint density at radius 2 is 1.60 bits per heavy atom. The monoisotopic (exact) mass is 393 g/mol. The Bertz CT molecular complexity index is 369. The van der Waals surface area contributed by atoms with E-state index in [0.717, 1.165) is 22.1 Å². The molecule has 3 heteroatoms. The van der Waals surface area contributed by atoms with Crippen molar-refractivity contribution in [2.75, 3.05) is 0 Å². The summed E-state index contributed by atoms with van der Waals surface area (Å²) in [4.78, 5) is 3.05. The second-order valence-electron chi connectivity index (χ2n) is 6.15. The normalized spacial score (nSPS) is 14.4. The lowest BCUT2D eigenvalue weighted by Crippen LogP contribution is -2.24. The zero-order chi connectivity index (χ0) is 15.0. The summed E-state index contributed by atoms with van der Waals surface area (Å²) in [5, 5.41) is 0. The fourth-order valence-corrected chi connectivity index (χ4v) is 4.08. The second-order valence-corrected chi connectivity index (χ2v) is 7.23. The topological polar surface area (TPSA) is 15.8 Å². The predicted octanol–water partition coefficient (Wildman–Crippen LogP) is 6.57. The number of aromatic nitrogens is 1. The zero-order valence-corrected chi connectivity index (χ0v) is 15.4. The molecular weight excluding hydrogens is 364 g/mol. The van der Waals surface area contributed by atoms with E-state index in [0.29, 0.717) is 0 Å². The summed E-state index contributed by atoms with van der Waals surface area (Å²) >= 11 is 2.24. The number of aromatic amines is 1. The van der Waals surface area contributed by atoms with Crippen LogP contribution in [0.1, 0.15) is 84.1 Å². The first-order valence-electron chi connectivity index (χ1n) is 8.08. The number of rotatable bonds is 10. The summed E-state index contributed by atoms with van der Waals surface area (Å²) in [6.45, 7) is 6.71. The highest BCUT2D eigenvalue weighted by molar-refractivity contribution is 14.1. The molecular formula is C17H29FIN. The Labute approximate surface area is 137 Å². The van der Waals surface area contributed by atoms with E-state index in [-0.39, 0.29) is 11.2 Å². The van der Waals surface area contributed by atoms with Gasteiger partial charge in [-0.15, -0.1) is 0 Å². The van der Waals surface area contributed by atoms with E-state index < -0.39 is 0 Å². The number of hydrogen-bond acceptors (Lipinski definition) is 0. The molecule has 0 aliphatic rings. The maximum atomic E-state index is 14.2. The molecule has 1 aromatic heterocycles. The number of unbranched alkanes of at least 4 members (excludes halogenated alkanes) is 5. The molecule has 0 saturated heterocycles. The molecule has 1 heterocycles. The molecule has 0 aliphatic heterocycles. The lowest BCUT2D eigenvalue weighted by Gasteiger charge is -2.30. The van der Waals surface area contributed by atoms with Crippen molar-refractivity contribution in [2.45, 2.75) is 84.0 Å². The van der Waals surface area contributed by atoms with Crippen molar-refractivity contribution in [3.63, 3.8) is 0 Å². The average molecular weight is 393 g/mol. The van der Waals surface area contributed by atoms with Crippen LogP contribution in [0.25, 0.3) is 0 Å². The zero-order valence-electron chi connectivity index (χ0n) is 13.2. The van der Waals surface area contributed by atoms with Crippen molar-refractivity contribution in [2.24, 2.45) is 0 Å². The minimum absolute atomic E-state index is 0.0104. The van der Waals surface area contributed by atoms with Crippen LogP contribution < -0.4 is 0 Å². The first-order valence-corrected chi connectivity index (χ1v) is 9.16. The van der Waals surface area contributed by atoms with E-state index in [1.165, 1.54) is 51.1 Å². The highest BCUT2D eigenvalue weighted by Crippen LogP contribution is 2.39. The standard InChI is InChI=1S/C17H29FIN/c1-4-6-8-10-12-17(3,11-9-7-5-2)15-14(18)13-20-16(15)19/h13,20H,4-12H2,1-3H3. The third kappa shape index (κ3) is 5.05. The van der Waals surface area contributed by atoms with Crippen LogP contribution in [-0.4, -0.2) is 4.98 Å². The summed E-state index contributed by atoms with van der Waals surface area (Å²) in [5.74, 6) is -0.0520. The van der Waals surface area contributed by atoms with Gasteiger partial charge in [0.1, 0.15) is 5.82 Å². The highest BCUT2D eigenvalue weighted by Gasteiger charge is 2.31. The smallest absolute Gasteiger partial charge is 0.145 e. The van der Waals surface area contributed by atoms with E-state index in [2.05, 4.69) is 48.3 Å². The number of H-pyrrole nitrogens is 1. The Hall–Kier alpha value is -0.0600. The summed E-state index contributed by atoms with van der Waals surface area (Å²) in [6, 6.07) is 0. The molecule has 1 nitrogen and oxygen atoms in total. The van der Waals surface area contributed by atoms with Gasteiger partial charge in [-0.1, -0.05) is 65.7 Å². The molecule has 0 aliphatic carbocycles.